The van der Waals surface area contributed by atoms with Gasteiger partial charge in [0, 0.05) is 13.1 Å². The minimum absolute atomic E-state index is 0.0765. The van der Waals surface area contributed by atoms with E-state index in [9.17, 15) is 14.4 Å². The van der Waals surface area contributed by atoms with Crippen LogP contribution in [-0.2, 0) is 27.3 Å². The van der Waals surface area contributed by atoms with Crippen LogP contribution in [0.25, 0.3) is 0 Å². The van der Waals surface area contributed by atoms with E-state index in [0.29, 0.717) is 11.3 Å². The maximum Gasteiger partial charge on any atom is 0.407 e. The average molecular weight is 507 g/mol. The lowest BCUT2D eigenvalue weighted by molar-refractivity contribution is 0.0151. The summed E-state index contributed by atoms with van der Waals surface area (Å²) in [4.78, 5) is 36.0. The number of carbonyl (C=O) groups is 3. The molecule has 0 aliphatic rings. The number of amides is 2. The molecule has 3 aromatic carbocycles. The van der Waals surface area contributed by atoms with Gasteiger partial charge in [-0.25, -0.2) is 14.4 Å². The highest BCUT2D eigenvalue weighted by molar-refractivity contribution is 5.89. The van der Waals surface area contributed by atoms with Crippen molar-refractivity contribution < 1.29 is 33.3 Å². The van der Waals surface area contributed by atoms with E-state index in [0.717, 1.165) is 11.1 Å². The molecule has 3 aromatic rings. The lowest BCUT2D eigenvalue weighted by Crippen LogP contribution is -2.29. The second-order valence-corrected chi connectivity index (χ2v) is 8.00. The van der Waals surface area contributed by atoms with Crippen LogP contribution in [0.5, 0.6) is 5.75 Å². The predicted molar refractivity (Wildman–Crippen MR) is 136 cm³/mol. The van der Waals surface area contributed by atoms with Gasteiger partial charge in [-0.05, 0) is 42.3 Å². The molecule has 1 unspecified atom stereocenters. The van der Waals surface area contributed by atoms with Gasteiger partial charge in [0.2, 0.25) is 0 Å². The van der Waals surface area contributed by atoms with Gasteiger partial charge in [-0.2, -0.15) is 0 Å². The summed E-state index contributed by atoms with van der Waals surface area (Å²) in [7, 11) is 0. The standard InChI is InChI=1S/C28H30N2O7/c1-21(37-26(31)24-11-4-2-5-12-24)20-36-28(33)30-19-23-10-8-9-22(17-23)18-29-27(32)35-16-15-34-25-13-6-3-7-14-25/h2-14,17,21H,15-16,18-20H2,1H3,(H,29,32)(H,30,33). The summed E-state index contributed by atoms with van der Waals surface area (Å²) >= 11 is 0. The molecule has 0 radical (unpaired) electrons. The van der Waals surface area contributed by atoms with Crippen molar-refractivity contribution in [2.24, 2.45) is 0 Å². The number of esters is 1. The lowest BCUT2D eigenvalue weighted by atomic mass is 10.1. The number of nitrogens with one attached hydrogen (secondary N) is 2. The molecule has 3 rings (SSSR count). The van der Waals surface area contributed by atoms with Crippen LogP contribution >= 0.6 is 0 Å². The fourth-order valence-electron chi connectivity index (χ4n) is 3.16. The van der Waals surface area contributed by atoms with Crippen LogP contribution < -0.4 is 15.4 Å². The van der Waals surface area contributed by atoms with E-state index in [1.54, 1.807) is 37.3 Å². The quantitative estimate of drug-likeness (QED) is 0.212. The average Bonchev–Trinajstić information content (AvgIpc) is 2.93. The van der Waals surface area contributed by atoms with E-state index in [1.807, 2.05) is 54.6 Å². The summed E-state index contributed by atoms with van der Waals surface area (Å²) in [5, 5.41) is 5.33. The number of alkyl carbamates (subject to hydrolysis) is 2. The Morgan fingerprint density at radius 2 is 1.32 bits per heavy atom. The molecule has 0 heterocycles. The van der Waals surface area contributed by atoms with Crippen molar-refractivity contribution >= 4 is 18.2 Å². The molecular formula is C28H30N2O7. The smallest absolute Gasteiger partial charge is 0.407 e. The van der Waals surface area contributed by atoms with Crippen LogP contribution in [0.2, 0.25) is 0 Å². The van der Waals surface area contributed by atoms with Gasteiger partial charge < -0.3 is 29.6 Å². The summed E-state index contributed by atoms with van der Waals surface area (Å²) in [6.07, 6.45) is -1.78. The molecule has 0 aliphatic carbocycles. The first-order valence-corrected chi connectivity index (χ1v) is 11.8. The monoisotopic (exact) mass is 506 g/mol. The minimum Gasteiger partial charge on any atom is -0.490 e. The van der Waals surface area contributed by atoms with E-state index in [2.05, 4.69) is 10.6 Å². The van der Waals surface area contributed by atoms with Crippen molar-refractivity contribution in [1.29, 1.82) is 0 Å². The maximum absolute atomic E-state index is 12.0. The number of hydrogen-bond acceptors (Lipinski definition) is 7. The Balaban J connectivity index is 1.30. The maximum atomic E-state index is 12.0. The molecule has 0 fully saturated rings. The molecule has 0 saturated heterocycles. The zero-order valence-electron chi connectivity index (χ0n) is 20.6. The highest BCUT2D eigenvalue weighted by Gasteiger charge is 2.14. The first-order chi connectivity index (χ1) is 18.0. The Morgan fingerprint density at radius 3 is 1.97 bits per heavy atom. The first kappa shape index (κ1) is 27.1. The number of benzene rings is 3. The van der Waals surface area contributed by atoms with Gasteiger partial charge >= 0.3 is 18.2 Å². The zero-order valence-corrected chi connectivity index (χ0v) is 20.6. The van der Waals surface area contributed by atoms with Crippen LogP contribution in [0.3, 0.4) is 0 Å². The Hall–Kier alpha value is -4.53. The van der Waals surface area contributed by atoms with E-state index in [4.69, 9.17) is 18.9 Å². The lowest BCUT2D eigenvalue weighted by Gasteiger charge is -2.14. The Labute approximate surface area is 215 Å². The predicted octanol–water partition coefficient (Wildman–Crippen LogP) is 4.46. The Bertz CT molecular complexity index is 1140. The molecule has 9 heteroatoms. The molecule has 0 spiro atoms. The number of rotatable bonds is 12. The largest absolute Gasteiger partial charge is 0.490 e. The van der Waals surface area contributed by atoms with Crippen molar-refractivity contribution in [2.45, 2.75) is 26.1 Å². The topological polar surface area (TPSA) is 112 Å². The molecule has 0 aromatic heterocycles. The molecule has 2 N–H and O–H groups in total. The number of para-hydroxylation sites is 1. The molecule has 0 saturated carbocycles. The molecule has 194 valence electrons. The second kappa shape index (κ2) is 14.8. The Kier molecular flexibility index (Phi) is 10.8. The normalized spacial score (nSPS) is 11.1. The third-order valence-corrected chi connectivity index (χ3v) is 4.96. The third-order valence-electron chi connectivity index (χ3n) is 4.96. The van der Waals surface area contributed by atoms with Gasteiger partial charge in [0.15, 0.2) is 0 Å². The van der Waals surface area contributed by atoms with E-state index < -0.39 is 24.3 Å². The summed E-state index contributed by atoms with van der Waals surface area (Å²) in [6, 6.07) is 25.2. The van der Waals surface area contributed by atoms with Crippen molar-refractivity contribution in [3.63, 3.8) is 0 Å². The van der Waals surface area contributed by atoms with Crippen molar-refractivity contribution in [3.05, 3.63) is 102 Å². The molecule has 0 bridgehead atoms. The SMILES string of the molecule is CC(COC(=O)NCc1cccc(CNC(=O)OCCOc2ccccc2)c1)OC(=O)c1ccccc1. The number of hydrogen-bond donors (Lipinski definition) is 2. The highest BCUT2D eigenvalue weighted by Crippen LogP contribution is 2.08. The molecule has 37 heavy (non-hydrogen) atoms. The van der Waals surface area contributed by atoms with E-state index in [-0.39, 0.29) is 32.9 Å². The molecule has 1 atom stereocenters. The van der Waals surface area contributed by atoms with Gasteiger partial charge in [0.05, 0.1) is 5.56 Å². The molecule has 0 aliphatic heterocycles. The molecule has 2 amide bonds. The summed E-state index contributed by atoms with van der Waals surface area (Å²) in [5.41, 5.74) is 2.09. The van der Waals surface area contributed by atoms with Crippen LogP contribution in [0.1, 0.15) is 28.4 Å². The first-order valence-electron chi connectivity index (χ1n) is 11.8. The summed E-state index contributed by atoms with van der Waals surface area (Å²) in [6.45, 7) is 2.44. The number of carbonyl (C=O) groups excluding carboxylic acids is 3. The van der Waals surface area contributed by atoms with Crippen molar-refractivity contribution in [1.82, 2.24) is 10.6 Å². The summed E-state index contributed by atoms with van der Waals surface area (Å²) < 4.78 is 21.0. The number of ether oxygens (including phenoxy) is 4. The Morgan fingerprint density at radius 1 is 0.730 bits per heavy atom. The highest BCUT2D eigenvalue weighted by atomic mass is 16.6. The zero-order chi connectivity index (χ0) is 26.3. The van der Waals surface area contributed by atoms with Crippen molar-refractivity contribution in [2.75, 3.05) is 19.8 Å². The summed E-state index contributed by atoms with van der Waals surface area (Å²) in [5.74, 6) is 0.230. The fourth-order valence-corrected chi connectivity index (χ4v) is 3.16. The minimum atomic E-state index is -0.632. The fraction of sp³-hybridized carbons (Fsp3) is 0.250. The van der Waals surface area contributed by atoms with Crippen LogP contribution in [0, 0.1) is 0 Å². The van der Waals surface area contributed by atoms with Gasteiger partial charge in [-0.15, -0.1) is 0 Å². The molecular weight excluding hydrogens is 476 g/mol. The van der Waals surface area contributed by atoms with Gasteiger partial charge in [0.25, 0.3) is 0 Å². The van der Waals surface area contributed by atoms with E-state index >= 15 is 0 Å². The molecule has 9 nitrogen and oxygen atoms in total. The van der Waals surface area contributed by atoms with Crippen LogP contribution in [0.15, 0.2) is 84.9 Å². The second-order valence-electron chi connectivity index (χ2n) is 8.00. The van der Waals surface area contributed by atoms with E-state index in [1.165, 1.54) is 0 Å². The van der Waals surface area contributed by atoms with Crippen LogP contribution in [-0.4, -0.2) is 44.1 Å². The van der Waals surface area contributed by atoms with Gasteiger partial charge in [-0.3, -0.25) is 0 Å². The van der Waals surface area contributed by atoms with Crippen LogP contribution in [0.4, 0.5) is 9.59 Å². The van der Waals surface area contributed by atoms with Gasteiger partial charge in [-0.1, -0.05) is 60.7 Å². The third kappa shape index (κ3) is 10.3. The van der Waals surface area contributed by atoms with Crippen molar-refractivity contribution in [3.8, 4) is 5.75 Å². The van der Waals surface area contributed by atoms with Gasteiger partial charge in [0.1, 0.15) is 31.7 Å².